The van der Waals surface area contributed by atoms with E-state index in [0.29, 0.717) is 11.5 Å². The van der Waals surface area contributed by atoms with Crippen LogP contribution in [0.1, 0.15) is 50.8 Å². The molecule has 1 aromatic rings. The second kappa shape index (κ2) is 7.37. The van der Waals surface area contributed by atoms with Gasteiger partial charge in [0.05, 0.1) is 6.61 Å². The van der Waals surface area contributed by atoms with E-state index in [1.54, 1.807) is 6.07 Å². The molecule has 1 unspecified atom stereocenters. The molecular formula is C15H25NO2. The maximum atomic E-state index is 11.6. The third-order valence-corrected chi connectivity index (χ3v) is 3.73. The minimum absolute atomic E-state index is 0.0622. The van der Waals surface area contributed by atoms with Gasteiger partial charge in [-0.3, -0.25) is 4.79 Å². The fourth-order valence-electron chi connectivity index (χ4n) is 2.31. The Kier molecular flexibility index (Phi) is 6.13. The average Bonchev–Trinajstić information content (AvgIpc) is 2.37. The Balaban J connectivity index is 2.86. The lowest BCUT2D eigenvalue weighted by Crippen LogP contribution is -2.19. The smallest absolute Gasteiger partial charge is 0.187 e. The summed E-state index contributed by atoms with van der Waals surface area (Å²) in [5.41, 5.74) is 1.37. The van der Waals surface area contributed by atoms with Crippen LogP contribution in [0.5, 0.6) is 0 Å². The van der Waals surface area contributed by atoms with Crippen LogP contribution in [0, 0.1) is 12.8 Å². The Labute approximate surface area is 109 Å². The van der Waals surface area contributed by atoms with Crippen LogP contribution in [0.4, 0.5) is 0 Å². The topological polar surface area (TPSA) is 42.2 Å². The molecule has 0 fully saturated rings. The highest BCUT2D eigenvalue weighted by Crippen LogP contribution is 2.16. The van der Waals surface area contributed by atoms with E-state index in [1.807, 2.05) is 13.1 Å². The minimum atomic E-state index is -0.169. The molecule has 1 N–H and O–H groups in total. The summed E-state index contributed by atoms with van der Waals surface area (Å²) in [4.78, 5) is 11.6. The van der Waals surface area contributed by atoms with Crippen molar-refractivity contribution < 1.29 is 5.11 Å². The molecule has 3 heteroatoms. The van der Waals surface area contributed by atoms with Gasteiger partial charge in [0, 0.05) is 30.1 Å². The lowest BCUT2D eigenvalue weighted by molar-refractivity contribution is 0.277. The van der Waals surface area contributed by atoms with Gasteiger partial charge in [-0.25, -0.2) is 0 Å². The van der Waals surface area contributed by atoms with Gasteiger partial charge in [-0.05, 0) is 19.3 Å². The highest BCUT2D eigenvalue weighted by molar-refractivity contribution is 5.19. The Hall–Kier alpha value is -1.09. The molecule has 0 bridgehead atoms. The normalized spacial score (nSPS) is 12.7. The monoisotopic (exact) mass is 251 g/mol. The number of aromatic nitrogens is 1. The standard InChI is InChI=1S/C15H25NO2/c1-4-6-7-13(5-2)10-16-9-8-15(18)14(11-17)12(16)3/h8-9,13,17H,4-7,10-11H2,1-3H3. The fraction of sp³-hybridized carbons (Fsp3) is 0.667. The van der Waals surface area contributed by atoms with E-state index in [4.69, 9.17) is 0 Å². The van der Waals surface area contributed by atoms with Gasteiger partial charge in [-0.2, -0.15) is 0 Å². The summed E-state index contributed by atoms with van der Waals surface area (Å²) in [7, 11) is 0. The summed E-state index contributed by atoms with van der Waals surface area (Å²) in [5, 5.41) is 9.24. The quantitative estimate of drug-likeness (QED) is 0.809. The zero-order valence-electron chi connectivity index (χ0n) is 11.8. The molecule has 0 aromatic carbocycles. The van der Waals surface area contributed by atoms with Gasteiger partial charge < -0.3 is 9.67 Å². The van der Waals surface area contributed by atoms with Crippen molar-refractivity contribution in [2.75, 3.05) is 0 Å². The van der Waals surface area contributed by atoms with Crippen LogP contribution < -0.4 is 5.43 Å². The molecule has 18 heavy (non-hydrogen) atoms. The third-order valence-electron chi connectivity index (χ3n) is 3.73. The maximum absolute atomic E-state index is 11.6. The average molecular weight is 251 g/mol. The second-order valence-corrected chi connectivity index (χ2v) is 4.97. The van der Waals surface area contributed by atoms with Gasteiger partial charge in [-0.15, -0.1) is 0 Å². The molecule has 3 nitrogen and oxygen atoms in total. The van der Waals surface area contributed by atoms with Crippen molar-refractivity contribution in [2.24, 2.45) is 5.92 Å². The molecule has 1 heterocycles. The molecule has 0 radical (unpaired) electrons. The van der Waals surface area contributed by atoms with Crippen molar-refractivity contribution >= 4 is 0 Å². The molecule has 0 aliphatic heterocycles. The number of rotatable bonds is 7. The lowest BCUT2D eigenvalue weighted by atomic mass is 9.99. The third kappa shape index (κ3) is 3.70. The van der Waals surface area contributed by atoms with Crippen molar-refractivity contribution in [3.05, 3.63) is 33.7 Å². The molecule has 0 saturated carbocycles. The molecule has 1 rings (SSSR count). The van der Waals surface area contributed by atoms with Crippen LogP contribution in [-0.2, 0) is 13.2 Å². The lowest BCUT2D eigenvalue weighted by Gasteiger charge is -2.19. The number of hydrogen-bond acceptors (Lipinski definition) is 2. The Morgan fingerprint density at radius 2 is 2.11 bits per heavy atom. The van der Waals surface area contributed by atoms with E-state index < -0.39 is 0 Å². The molecule has 0 spiro atoms. The Morgan fingerprint density at radius 3 is 2.67 bits per heavy atom. The van der Waals surface area contributed by atoms with Crippen LogP contribution in [0.2, 0.25) is 0 Å². The van der Waals surface area contributed by atoms with Crippen LogP contribution in [0.3, 0.4) is 0 Å². The Bertz CT molecular complexity index is 423. The van der Waals surface area contributed by atoms with Gasteiger partial charge in [0.15, 0.2) is 5.43 Å². The first kappa shape index (κ1) is 15.0. The first-order valence-electron chi connectivity index (χ1n) is 6.93. The maximum Gasteiger partial charge on any atom is 0.187 e. The van der Waals surface area contributed by atoms with Gasteiger partial charge in [0.1, 0.15) is 0 Å². The van der Waals surface area contributed by atoms with E-state index in [-0.39, 0.29) is 12.0 Å². The number of nitrogens with zero attached hydrogens (tertiary/aromatic N) is 1. The first-order chi connectivity index (χ1) is 8.63. The molecular weight excluding hydrogens is 226 g/mol. The molecule has 0 aliphatic rings. The van der Waals surface area contributed by atoms with E-state index in [2.05, 4.69) is 18.4 Å². The van der Waals surface area contributed by atoms with Crippen LogP contribution in [0.15, 0.2) is 17.1 Å². The summed E-state index contributed by atoms with van der Waals surface area (Å²) in [6.45, 7) is 7.11. The van der Waals surface area contributed by atoms with Crippen LogP contribution >= 0.6 is 0 Å². The van der Waals surface area contributed by atoms with Gasteiger partial charge in [-0.1, -0.05) is 33.1 Å². The zero-order chi connectivity index (χ0) is 13.5. The van der Waals surface area contributed by atoms with Gasteiger partial charge >= 0.3 is 0 Å². The molecule has 0 amide bonds. The summed E-state index contributed by atoms with van der Waals surface area (Å²) in [6.07, 6.45) is 6.71. The largest absolute Gasteiger partial charge is 0.391 e. The van der Waals surface area contributed by atoms with E-state index in [1.165, 1.54) is 19.3 Å². The van der Waals surface area contributed by atoms with Gasteiger partial charge in [0.2, 0.25) is 0 Å². The molecule has 102 valence electrons. The number of aliphatic hydroxyl groups is 1. The summed E-state index contributed by atoms with van der Waals surface area (Å²) in [5.74, 6) is 0.651. The van der Waals surface area contributed by atoms with Crippen LogP contribution in [0.25, 0.3) is 0 Å². The molecule has 1 aromatic heterocycles. The zero-order valence-corrected chi connectivity index (χ0v) is 11.8. The number of pyridine rings is 1. The van der Waals surface area contributed by atoms with Crippen molar-refractivity contribution in [3.63, 3.8) is 0 Å². The van der Waals surface area contributed by atoms with Crippen molar-refractivity contribution in [1.29, 1.82) is 0 Å². The highest BCUT2D eigenvalue weighted by Gasteiger charge is 2.10. The number of unbranched alkanes of at least 4 members (excludes halogenated alkanes) is 1. The molecule has 0 aliphatic carbocycles. The van der Waals surface area contributed by atoms with Crippen molar-refractivity contribution in [1.82, 2.24) is 4.57 Å². The van der Waals surface area contributed by atoms with Gasteiger partial charge in [0.25, 0.3) is 0 Å². The van der Waals surface area contributed by atoms with E-state index in [9.17, 15) is 9.90 Å². The summed E-state index contributed by atoms with van der Waals surface area (Å²) in [6, 6.07) is 1.56. The van der Waals surface area contributed by atoms with E-state index in [0.717, 1.165) is 18.7 Å². The molecule has 0 saturated heterocycles. The SMILES string of the molecule is CCCCC(CC)Cn1ccc(=O)c(CO)c1C. The minimum Gasteiger partial charge on any atom is -0.391 e. The predicted octanol–water partition coefficient (Wildman–Crippen LogP) is 2.87. The van der Waals surface area contributed by atoms with Crippen molar-refractivity contribution in [2.45, 2.75) is 59.6 Å². The second-order valence-electron chi connectivity index (χ2n) is 4.97. The summed E-state index contributed by atoms with van der Waals surface area (Å²) >= 11 is 0. The number of hydrogen-bond donors (Lipinski definition) is 1. The molecule has 1 atom stereocenters. The summed E-state index contributed by atoms with van der Waals surface area (Å²) < 4.78 is 2.11. The highest BCUT2D eigenvalue weighted by atomic mass is 16.3. The van der Waals surface area contributed by atoms with Crippen molar-refractivity contribution in [3.8, 4) is 0 Å². The van der Waals surface area contributed by atoms with Crippen LogP contribution in [-0.4, -0.2) is 9.67 Å². The predicted molar refractivity (Wildman–Crippen MR) is 74.7 cm³/mol. The van der Waals surface area contributed by atoms with E-state index >= 15 is 0 Å². The Morgan fingerprint density at radius 1 is 1.39 bits per heavy atom. The first-order valence-corrected chi connectivity index (χ1v) is 6.93. The number of aliphatic hydroxyl groups excluding tert-OH is 1. The fourth-order valence-corrected chi connectivity index (χ4v) is 2.31.